The highest BCUT2D eigenvalue weighted by atomic mass is 16.5. The molecule has 0 aliphatic heterocycles. The first-order valence-electron chi connectivity index (χ1n) is 6.94. The molecule has 3 rings (SSSR count). The van der Waals surface area contributed by atoms with E-state index >= 15 is 0 Å². The Morgan fingerprint density at radius 3 is 2.50 bits per heavy atom. The van der Waals surface area contributed by atoms with E-state index in [9.17, 15) is 0 Å². The maximum Gasteiger partial charge on any atom is 0.248 e. The highest BCUT2D eigenvalue weighted by Gasteiger charge is 2.39. The van der Waals surface area contributed by atoms with Crippen molar-refractivity contribution in [1.29, 1.82) is 0 Å². The van der Waals surface area contributed by atoms with Crippen LogP contribution < -0.4 is 5.73 Å². The number of hydrogen-bond donors (Lipinski definition) is 1. The molecule has 0 amide bonds. The molecular formula is C15H20N4O. The predicted octanol–water partition coefficient (Wildman–Crippen LogP) is 2.06. The summed E-state index contributed by atoms with van der Waals surface area (Å²) in [6.45, 7) is 0. The fraction of sp³-hybridized carbons (Fsp3) is 0.467. The van der Waals surface area contributed by atoms with E-state index in [4.69, 9.17) is 10.3 Å². The van der Waals surface area contributed by atoms with Gasteiger partial charge in [0.1, 0.15) is 6.04 Å². The fourth-order valence-electron chi connectivity index (χ4n) is 2.63. The van der Waals surface area contributed by atoms with Crippen molar-refractivity contribution in [3.8, 4) is 0 Å². The van der Waals surface area contributed by atoms with Crippen LogP contribution in [0, 0.1) is 0 Å². The van der Waals surface area contributed by atoms with Gasteiger partial charge in [0.25, 0.3) is 0 Å². The zero-order chi connectivity index (χ0) is 14.2. The maximum atomic E-state index is 6.25. The molecule has 2 N–H and O–H groups in total. The van der Waals surface area contributed by atoms with Gasteiger partial charge in [0.05, 0.1) is 5.54 Å². The molecule has 0 bridgehead atoms. The van der Waals surface area contributed by atoms with E-state index in [2.05, 4.69) is 27.2 Å². The van der Waals surface area contributed by atoms with Crippen LogP contribution in [0.2, 0.25) is 0 Å². The van der Waals surface area contributed by atoms with Crippen LogP contribution in [0.25, 0.3) is 0 Å². The summed E-state index contributed by atoms with van der Waals surface area (Å²) in [6, 6.07) is 10.1. The van der Waals surface area contributed by atoms with Crippen molar-refractivity contribution in [1.82, 2.24) is 15.0 Å². The van der Waals surface area contributed by atoms with Gasteiger partial charge < -0.3 is 10.3 Å². The Morgan fingerprint density at radius 2 is 1.95 bits per heavy atom. The summed E-state index contributed by atoms with van der Waals surface area (Å²) in [6.07, 6.45) is 3.00. The third-order valence-corrected chi connectivity index (χ3v) is 4.00. The van der Waals surface area contributed by atoms with Gasteiger partial charge in [-0.25, -0.2) is 0 Å². The second kappa shape index (κ2) is 5.00. The number of benzene rings is 1. The number of rotatable bonds is 4. The maximum absolute atomic E-state index is 6.25. The van der Waals surface area contributed by atoms with Gasteiger partial charge in [-0.1, -0.05) is 35.5 Å². The Labute approximate surface area is 118 Å². The quantitative estimate of drug-likeness (QED) is 0.922. The molecule has 1 aromatic heterocycles. The molecule has 1 aromatic carbocycles. The van der Waals surface area contributed by atoms with Crippen LogP contribution in [-0.2, 0) is 5.54 Å². The van der Waals surface area contributed by atoms with E-state index in [-0.39, 0.29) is 11.6 Å². The van der Waals surface area contributed by atoms with Gasteiger partial charge in [-0.3, -0.25) is 4.90 Å². The van der Waals surface area contributed by atoms with E-state index in [0.29, 0.717) is 11.7 Å². The Morgan fingerprint density at radius 1 is 1.25 bits per heavy atom. The summed E-state index contributed by atoms with van der Waals surface area (Å²) in [7, 11) is 4.01. The van der Waals surface area contributed by atoms with Crippen LogP contribution in [0.4, 0.5) is 0 Å². The second-order valence-electron chi connectivity index (χ2n) is 5.74. The Hall–Kier alpha value is -1.72. The van der Waals surface area contributed by atoms with Crippen LogP contribution in [0.15, 0.2) is 34.9 Å². The molecule has 1 atom stereocenters. The Bertz CT molecular complexity index is 575. The zero-order valence-corrected chi connectivity index (χ0v) is 11.9. The number of aromatic nitrogens is 2. The van der Waals surface area contributed by atoms with Crippen molar-refractivity contribution in [3.63, 3.8) is 0 Å². The third kappa shape index (κ3) is 2.23. The van der Waals surface area contributed by atoms with Crippen molar-refractivity contribution >= 4 is 0 Å². The van der Waals surface area contributed by atoms with E-state index in [1.165, 1.54) is 0 Å². The van der Waals surface area contributed by atoms with Crippen LogP contribution in [-0.4, -0.2) is 29.1 Å². The lowest BCUT2D eigenvalue weighted by atomic mass is 9.77. The van der Waals surface area contributed by atoms with Crippen molar-refractivity contribution in [2.75, 3.05) is 14.1 Å². The monoisotopic (exact) mass is 272 g/mol. The summed E-state index contributed by atoms with van der Waals surface area (Å²) in [4.78, 5) is 6.62. The highest BCUT2D eigenvalue weighted by molar-refractivity contribution is 5.24. The lowest BCUT2D eigenvalue weighted by Gasteiger charge is -2.34. The number of nitrogens with zero attached hydrogens (tertiary/aromatic N) is 3. The minimum absolute atomic E-state index is 0.0406. The summed E-state index contributed by atoms with van der Waals surface area (Å²) in [5.74, 6) is 1.24. The first kappa shape index (κ1) is 13.3. The lowest BCUT2D eigenvalue weighted by Crippen LogP contribution is -2.44. The minimum Gasteiger partial charge on any atom is -0.337 e. The number of hydrogen-bond acceptors (Lipinski definition) is 5. The van der Waals surface area contributed by atoms with E-state index in [1.54, 1.807) is 0 Å². The fourth-order valence-corrected chi connectivity index (χ4v) is 2.63. The van der Waals surface area contributed by atoms with Crippen LogP contribution in [0.5, 0.6) is 0 Å². The minimum atomic E-state index is -0.380. The lowest BCUT2D eigenvalue weighted by molar-refractivity contribution is 0.225. The third-order valence-electron chi connectivity index (χ3n) is 4.00. The van der Waals surface area contributed by atoms with E-state index in [1.807, 2.05) is 32.3 Å². The van der Waals surface area contributed by atoms with Gasteiger partial charge in [0.2, 0.25) is 5.89 Å². The zero-order valence-electron chi connectivity index (χ0n) is 11.9. The van der Waals surface area contributed by atoms with Crippen molar-refractivity contribution in [3.05, 3.63) is 47.6 Å². The molecule has 106 valence electrons. The normalized spacial score (nSPS) is 18.8. The number of nitrogens with two attached hydrogens (primary N) is 1. The summed E-state index contributed by atoms with van der Waals surface area (Å²) in [5.41, 5.74) is 7.01. The molecule has 2 aromatic rings. The molecule has 0 spiro atoms. The first-order chi connectivity index (χ1) is 9.60. The summed E-state index contributed by atoms with van der Waals surface area (Å²) >= 11 is 0. The first-order valence-corrected chi connectivity index (χ1v) is 6.94. The average molecular weight is 272 g/mol. The smallest absolute Gasteiger partial charge is 0.248 e. The van der Waals surface area contributed by atoms with Gasteiger partial charge in [-0.05, 0) is 38.9 Å². The summed E-state index contributed by atoms with van der Waals surface area (Å²) in [5, 5.41) is 4.10. The van der Waals surface area contributed by atoms with Gasteiger partial charge in [0, 0.05) is 0 Å². The molecule has 0 saturated heterocycles. The molecular weight excluding hydrogens is 252 g/mol. The SMILES string of the molecule is CN(C)C(c1ccccc1)c1nc(C2(N)CCC2)no1. The van der Waals surface area contributed by atoms with Crippen LogP contribution in [0.3, 0.4) is 0 Å². The largest absolute Gasteiger partial charge is 0.337 e. The average Bonchev–Trinajstić information content (AvgIpc) is 2.87. The molecule has 1 aliphatic carbocycles. The van der Waals surface area contributed by atoms with Crippen molar-refractivity contribution in [2.24, 2.45) is 5.73 Å². The standard InChI is InChI=1S/C15H20N4O/c1-19(2)12(11-7-4-3-5-8-11)13-17-14(18-20-13)15(16)9-6-10-15/h3-5,7-8,12H,6,9-10,16H2,1-2H3. The molecule has 1 aliphatic rings. The van der Waals surface area contributed by atoms with Gasteiger partial charge in [0.15, 0.2) is 5.82 Å². The van der Waals surface area contributed by atoms with Crippen LogP contribution in [0.1, 0.15) is 42.6 Å². The molecule has 1 heterocycles. The molecule has 20 heavy (non-hydrogen) atoms. The van der Waals surface area contributed by atoms with E-state index in [0.717, 1.165) is 24.8 Å². The summed E-state index contributed by atoms with van der Waals surface area (Å²) < 4.78 is 5.48. The van der Waals surface area contributed by atoms with Gasteiger partial charge in [-0.2, -0.15) is 4.98 Å². The van der Waals surface area contributed by atoms with Crippen LogP contribution >= 0.6 is 0 Å². The molecule has 0 radical (unpaired) electrons. The highest BCUT2D eigenvalue weighted by Crippen LogP contribution is 2.37. The van der Waals surface area contributed by atoms with Gasteiger partial charge in [-0.15, -0.1) is 0 Å². The second-order valence-corrected chi connectivity index (χ2v) is 5.74. The topological polar surface area (TPSA) is 68.2 Å². The molecule has 1 fully saturated rings. The predicted molar refractivity (Wildman–Crippen MR) is 76.0 cm³/mol. The van der Waals surface area contributed by atoms with Crippen molar-refractivity contribution in [2.45, 2.75) is 30.8 Å². The van der Waals surface area contributed by atoms with Gasteiger partial charge >= 0.3 is 0 Å². The molecule has 1 unspecified atom stereocenters. The molecule has 5 nitrogen and oxygen atoms in total. The van der Waals surface area contributed by atoms with Crippen molar-refractivity contribution < 1.29 is 4.52 Å². The van der Waals surface area contributed by atoms with E-state index < -0.39 is 0 Å². The molecule has 1 saturated carbocycles. The Balaban J connectivity index is 1.93. The Kier molecular flexibility index (Phi) is 3.31. The molecule has 5 heteroatoms.